The third-order valence-electron chi connectivity index (χ3n) is 1.99. The fourth-order valence-corrected chi connectivity index (χ4v) is 2.44. The molecule has 0 aliphatic rings. The van der Waals surface area contributed by atoms with Crippen LogP contribution < -0.4 is 0 Å². The van der Waals surface area contributed by atoms with E-state index in [0.29, 0.717) is 6.61 Å². The largest absolute Gasteiger partial charge is 0.328 e. The Morgan fingerprint density at radius 3 is 2.00 bits per heavy atom. The molecular weight excluding hydrogens is 331 g/mol. The highest BCUT2D eigenvalue weighted by atomic mass is 79.9. The van der Waals surface area contributed by atoms with Gasteiger partial charge in [0.15, 0.2) is 0 Å². The molecule has 0 aliphatic heterocycles. The molecule has 0 amide bonds. The van der Waals surface area contributed by atoms with Crippen LogP contribution in [-0.2, 0) is 9.09 Å². The number of halogens is 2. The Morgan fingerprint density at radius 1 is 1.00 bits per heavy atom. The normalized spacial score (nSPS) is 11.9. The summed E-state index contributed by atoms with van der Waals surface area (Å²) in [5.74, 6) is 0. The van der Waals surface area contributed by atoms with Gasteiger partial charge in [-0.05, 0) is 6.42 Å². The van der Waals surface area contributed by atoms with E-state index in [1.807, 2.05) is 0 Å². The van der Waals surface area contributed by atoms with Crippen molar-refractivity contribution < 1.29 is 9.09 Å². The molecule has 0 heterocycles. The maximum atomic E-state index is 11.0. The van der Waals surface area contributed by atoms with Crippen molar-refractivity contribution in [1.29, 1.82) is 0 Å². The number of rotatable bonds is 9. The molecule has 5 heteroatoms. The summed E-state index contributed by atoms with van der Waals surface area (Å²) in [5.41, 5.74) is 0. The van der Waals surface area contributed by atoms with Crippen molar-refractivity contribution in [1.82, 2.24) is 0 Å². The predicted octanol–water partition coefficient (Wildman–Crippen LogP) is 5.65. The van der Waals surface area contributed by atoms with Crippen LogP contribution in [0.3, 0.4) is 0 Å². The molecule has 2 nitrogen and oxygen atoms in total. The quantitative estimate of drug-likeness (QED) is 0.397. The van der Waals surface area contributed by atoms with Crippen molar-refractivity contribution in [3.63, 3.8) is 0 Å². The first-order valence-electron chi connectivity index (χ1n) is 5.20. The molecule has 0 atom stereocenters. The highest BCUT2D eigenvalue weighted by Gasteiger charge is 2.10. The van der Waals surface area contributed by atoms with Crippen molar-refractivity contribution in [3.05, 3.63) is 0 Å². The zero-order valence-corrected chi connectivity index (χ0v) is 12.7. The average Bonchev–Trinajstić information content (AvgIpc) is 2.08. The molecule has 86 valence electrons. The van der Waals surface area contributed by atoms with Crippen molar-refractivity contribution in [2.24, 2.45) is 0 Å². The SMILES string of the molecule is CCCCCCCCCOP(=O)(Br)Br. The minimum atomic E-state index is -2.61. The number of hydrogen-bond donors (Lipinski definition) is 0. The highest BCUT2D eigenvalue weighted by Crippen LogP contribution is 2.62. The van der Waals surface area contributed by atoms with Gasteiger partial charge in [-0.2, -0.15) is 0 Å². The van der Waals surface area contributed by atoms with Gasteiger partial charge in [0.2, 0.25) is 0 Å². The lowest BCUT2D eigenvalue weighted by molar-refractivity contribution is 0.323. The van der Waals surface area contributed by atoms with Crippen molar-refractivity contribution >= 4 is 35.8 Å². The highest BCUT2D eigenvalue weighted by molar-refractivity contribution is 9.70. The molecular formula is C9H19Br2O2P. The van der Waals surface area contributed by atoms with Gasteiger partial charge < -0.3 is 4.52 Å². The molecule has 0 saturated heterocycles. The van der Waals surface area contributed by atoms with Crippen LogP contribution in [0.15, 0.2) is 0 Å². The molecule has 0 saturated carbocycles. The van der Waals surface area contributed by atoms with Crippen molar-refractivity contribution in [3.8, 4) is 0 Å². The van der Waals surface area contributed by atoms with Crippen LogP contribution in [-0.4, -0.2) is 6.61 Å². The molecule has 0 fully saturated rings. The van der Waals surface area contributed by atoms with Crippen LogP contribution in [0.2, 0.25) is 0 Å². The van der Waals surface area contributed by atoms with Gasteiger partial charge >= 0.3 is 4.77 Å². The second-order valence-corrected chi connectivity index (χ2v) is 12.9. The minimum Gasteiger partial charge on any atom is -0.313 e. The van der Waals surface area contributed by atoms with Crippen LogP contribution >= 0.6 is 35.8 Å². The number of hydrogen-bond acceptors (Lipinski definition) is 2. The van der Waals surface area contributed by atoms with E-state index < -0.39 is 4.77 Å². The van der Waals surface area contributed by atoms with Crippen LogP contribution in [0.4, 0.5) is 0 Å². The first-order chi connectivity index (χ1) is 6.56. The zero-order chi connectivity index (χ0) is 10.9. The minimum absolute atomic E-state index is 0.571. The lowest BCUT2D eigenvalue weighted by Crippen LogP contribution is -1.87. The molecule has 0 N–H and O–H groups in total. The van der Waals surface area contributed by atoms with E-state index in [4.69, 9.17) is 4.52 Å². The molecule has 0 aromatic heterocycles. The first kappa shape index (κ1) is 15.2. The smallest absolute Gasteiger partial charge is 0.313 e. The van der Waals surface area contributed by atoms with Gasteiger partial charge in [0, 0.05) is 31.0 Å². The molecule has 0 aliphatic carbocycles. The summed E-state index contributed by atoms with van der Waals surface area (Å²) in [4.78, 5) is 0. The van der Waals surface area contributed by atoms with Crippen LogP contribution in [0.1, 0.15) is 51.9 Å². The maximum Gasteiger partial charge on any atom is 0.328 e. The van der Waals surface area contributed by atoms with Gasteiger partial charge in [-0.25, -0.2) is 0 Å². The lowest BCUT2D eigenvalue weighted by atomic mass is 10.1. The second kappa shape index (κ2) is 9.38. The van der Waals surface area contributed by atoms with Crippen molar-refractivity contribution in [2.45, 2.75) is 51.9 Å². The van der Waals surface area contributed by atoms with Gasteiger partial charge in [0.1, 0.15) is 0 Å². The Labute approximate surface area is 103 Å². The van der Waals surface area contributed by atoms with Gasteiger partial charge in [-0.3, -0.25) is 4.57 Å². The van der Waals surface area contributed by atoms with Crippen LogP contribution in [0.25, 0.3) is 0 Å². The molecule has 0 aromatic carbocycles. The summed E-state index contributed by atoms with van der Waals surface area (Å²) in [5, 5.41) is 0. The van der Waals surface area contributed by atoms with Gasteiger partial charge in [0.25, 0.3) is 0 Å². The molecule has 0 spiro atoms. The van der Waals surface area contributed by atoms with Gasteiger partial charge in [-0.15, -0.1) is 0 Å². The third-order valence-corrected chi connectivity index (χ3v) is 3.70. The summed E-state index contributed by atoms with van der Waals surface area (Å²) >= 11 is 5.86. The summed E-state index contributed by atoms with van der Waals surface area (Å²) in [6.45, 7) is 2.79. The van der Waals surface area contributed by atoms with Gasteiger partial charge in [0.05, 0.1) is 6.61 Å². The Hall–Kier alpha value is 1.15. The van der Waals surface area contributed by atoms with E-state index in [-0.39, 0.29) is 0 Å². The van der Waals surface area contributed by atoms with E-state index in [9.17, 15) is 4.57 Å². The predicted molar refractivity (Wildman–Crippen MR) is 69.4 cm³/mol. The maximum absolute atomic E-state index is 11.0. The Kier molecular flexibility index (Phi) is 10.2. The first-order valence-corrected chi connectivity index (χ1v) is 10.9. The standard InChI is InChI=1S/C9H19Br2O2P/c1-2-3-4-5-6-7-8-9-13-14(10,11)12/h2-9H2,1H3. The molecule has 0 radical (unpaired) electrons. The fraction of sp³-hybridized carbons (Fsp3) is 1.00. The van der Waals surface area contributed by atoms with E-state index in [2.05, 4.69) is 37.9 Å². The summed E-state index contributed by atoms with van der Waals surface area (Å²) < 4.78 is 13.4. The molecule has 0 bridgehead atoms. The Bertz CT molecular complexity index is 170. The summed E-state index contributed by atoms with van der Waals surface area (Å²) in [7, 11) is 0. The zero-order valence-electron chi connectivity index (χ0n) is 8.68. The molecule has 0 unspecified atom stereocenters. The third kappa shape index (κ3) is 13.2. The van der Waals surface area contributed by atoms with E-state index in [0.717, 1.165) is 6.42 Å². The molecule has 0 rings (SSSR count). The van der Waals surface area contributed by atoms with Crippen molar-refractivity contribution in [2.75, 3.05) is 6.61 Å². The summed E-state index contributed by atoms with van der Waals surface area (Å²) in [6.07, 6.45) is 8.71. The Balaban J connectivity index is 3.03. The average molecular weight is 350 g/mol. The van der Waals surface area contributed by atoms with Gasteiger partial charge in [-0.1, -0.05) is 45.4 Å². The van der Waals surface area contributed by atoms with Crippen LogP contribution in [0, 0.1) is 0 Å². The molecule has 14 heavy (non-hydrogen) atoms. The molecule has 0 aromatic rings. The fourth-order valence-electron chi connectivity index (χ4n) is 1.23. The topological polar surface area (TPSA) is 26.3 Å². The van der Waals surface area contributed by atoms with E-state index in [1.165, 1.54) is 38.5 Å². The summed E-state index contributed by atoms with van der Waals surface area (Å²) in [6, 6.07) is 0. The monoisotopic (exact) mass is 348 g/mol. The lowest BCUT2D eigenvalue weighted by Gasteiger charge is -2.04. The second-order valence-electron chi connectivity index (χ2n) is 3.37. The van der Waals surface area contributed by atoms with E-state index >= 15 is 0 Å². The van der Waals surface area contributed by atoms with E-state index in [1.54, 1.807) is 0 Å². The Morgan fingerprint density at radius 2 is 1.50 bits per heavy atom. The van der Waals surface area contributed by atoms with Crippen LogP contribution in [0.5, 0.6) is 0 Å². The number of unbranched alkanes of at least 4 members (excludes halogenated alkanes) is 6.